The van der Waals surface area contributed by atoms with Crippen LogP contribution >= 0.6 is 11.6 Å². The summed E-state index contributed by atoms with van der Waals surface area (Å²) in [5.74, 6) is 1.11. The number of halogens is 2. The maximum Gasteiger partial charge on any atom is 0.326 e. The summed E-state index contributed by atoms with van der Waals surface area (Å²) >= 11 is 5.98. The number of rotatable bonds is 4. The molecule has 1 N–H and O–H groups in total. The molecule has 0 fully saturated rings. The van der Waals surface area contributed by atoms with Crippen LogP contribution in [0.3, 0.4) is 0 Å². The standard InChI is InChI=1S/C21H21ClFN5O/c22-17-13-16(10-11-18(17)23)28(21(29)24-15-7-3-1-4-8-15)14-20-26-25-19-9-5-2-6-12-27(19)20/h1,3-4,7-8,10-11,13H,2,5-6,9,12,14H2,(H,24,29). The zero-order valence-electron chi connectivity index (χ0n) is 15.8. The number of nitrogens with one attached hydrogen (secondary N) is 1. The summed E-state index contributed by atoms with van der Waals surface area (Å²) in [5, 5.41) is 11.5. The molecule has 1 aliphatic heterocycles. The van der Waals surface area contributed by atoms with Crippen molar-refractivity contribution in [1.29, 1.82) is 0 Å². The van der Waals surface area contributed by atoms with Crippen LogP contribution in [0.1, 0.15) is 30.9 Å². The van der Waals surface area contributed by atoms with Crippen molar-refractivity contribution in [3.63, 3.8) is 0 Å². The van der Waals surface area contributed by atoms with Crippen molar-refractivity contribution >= 4 is 29.0 Å². The first-order valence-corrected chi connectivity index (χ1v) is 9.99. The molecule has 8 heteroatoms. The van der Waals surface area contributed by atoms with Gasteiger partial charge in [0.05, 0.1) is 11.6 Å². The largest absolute Gasteiger partial charge is 0.326 e. The van der Waals surface area contributed by atoms with Crippen molar-refractivity contribution in [3.05, 3.63) is 71.0 Å². The monoisotopic (exact) mass is 413 g/mol. The van der Waals surface area contributed by atoms with Crippen molar-refractivity contribution < 1.29 is 9.18 Å². The van der Waals surface area contributed by atoms with E-state index in [-0.39, 0.29) is 17.6 Å². The third-order valence-electron chi connectivity index (χ3n) is 4.97. The van der Waals surface area contributed by atoms with Gasteiger partial charge in [-0.15, -0.1) is 10.2 Å². The third-order valence-corrected chi connectivity index (χ3v) is 5.26. The number of fused-ring (bicyclic) bond motifs is 1. The van der Waals surface area contributed by atoms with E-state index in [2.05, 4.69) is 20.1 Å². The highest BCUT2D eigenvalue weighted by molar-refractivity contribution is 6.31. The number of carbonyl (C=O) groups excluding carboxylic acids is 1. The van der Waals surface area contributed by atoms with E-state index in [0.717, 1.165) is 38.1 Å². The van der Waals surface area contributed by atoms with Gasteiger partial charge in [0.2, 0.25) is 0 Å². The molecule has 1 aliphatic rings. The molecule has 0 atom stereocenters. The molecule has 2 amide bonds. The van der Waals surface area contributed by atoms with E-state index in [1.54, 1.807) is 12.1 Å². The Hall–Kier alpha value is -2.93. The molecule has 0 saturated carbocycles. The van der Waals surface area contributed by atoms with Gasteiger partial charge in [0.15, 0.2) is 5.82 Å². The summed E-state index contributed by atoms with van der Waals surface area (Å²) in [7, 11) is 0. The van der Waals surface area contributed by atoms with Gasteiger partial charge in [-0.25, -0.2) is 9.18 Å². The van der Waals surface area contributed by atoms with Crippen LogP contribution in [0.2, 0.25) is 5.02 Å². The number of carbonyl (C=O) groups is 1. The Bertz CT molecular complexity index is 1010. The summed E-state index contributed by atoms with van der Waals surface area (Å²) in [6, 6.07) is 13.0. The van der Waals surface area contributed by atoms with Crippen molar-refractivity contribution in [1.82, 2.24) is 14.8 Å². The summed E-state index contributed by atoms with van der Waals surface area (Å²) in [6.45, 7) is 1.03. The average Bonchev–Trinajstić information content (AvgIpc) is 2.94. The van der Waals surface area contributed by atoms with Crippen LogP contribution in [-0.2, 0) is 19.5 Å². The maximum atomic E-state index is 13.7. The molecule has 0 radical (unpaired) electrons. The third kappa shape index (κ3) is 4.40. The van der Waals surface area contributed by atoms with Gasteiger partial charge >= 0.3 is 6.03 Å². The summed E-state index contributed by atoms with van der Waals surface area (Å²) in [4.78, 5) is 14.6. The van der Waals surface area contributed by atoms with Crippen LogP contribution in [0.15, 0.2) is 48.5 Å². The molecule has 0 saturated heterocycles. The molecule has 4 rings (SSSR count). The van der Waals surface area contributed by atoms with E-state index >= 15 is 0 Å². The van der Waals surface area contributed by atoms with Gasteiger partial charge < -0.3 is 9.88 Å². The summed E-state index contributed by atoms with van der Waals surface area (Å²) in [5.41, 5.74) is 1.14. The number of amides is 2. The molecule has 0 unspecified atom stereocenters. The highest BCUT2D eigenvalue weighted by Gasteiger charge is 2.22. The summed E-state index contributed by atoms with van der Waals surface area (Å²) in [6.07, 6.45) is 4.17. The lowest BCUT2D eigenvalue weighted by Gasteiger charge is -2.23. The predicted molar refractivity (Wildman–Crippen MR) is 111 cm³/mol. The van der Waals surface area contributed by atoms with Crippen LogP contribution < -0.4 is 10.2 Å². The highest BCUT2D eigenvalue weighted by Crippen LogP contribution is 2.25. The van der Waals surface area contributed by atoms with Gasteiger partial charge in [-0.1, -0.05) is 36.2 Å². The average molecular weight is 414 g/mol. The fourth-order valence-corrected chi connectivity index (χ4v) is 3.62. The molecule has 150 valence electrons. The van der Waals surface area contributed by atoms with Crippen molar-refractivity contribution in [3.8, 4) is 0 Å². The molecule has 6 nitrogen and oxygen atoms in total. The van der Waals surface area contributed by atoms with Gasteiger partial charge in [0.1, 0.15) is 11.6 Å². The second-order valence-electron chi connectivity index (χ2n) is 6.98. The normalized spacial score (nSPS) is 13.4. The van der Waals surface area contributed by atoms with Gasteiger partial charge in [0, 0.05) is 24.3 Å². The second kappa shape index (κ2) is 8.61. The fraction of sp³-hybridized carbons (Fsp3) is 0.286. The predicted octanol–water partition coefficient (Wildman–Crippen LogP) is 5.04. The maximum absolute atomic E-state index is 13.7. The fourth-order valence-electron chi connectivity index (χ4n) is 3.45. The first kappa shape index (κ1) is 19.4. The Morgan fingerprint density at radius 2 is 1.97 bits per heavy atom. The minimum Gasteiger partial charge on any atom is -0.313 e. The molecular weight excluding hydrogens is 393 g/mol. The Morgan fingerprint density at radius 3 is 2.76 bits per heavy atom. The van der Waals surface area contributed by atoms with Crippen molar-refractivity contribution in [2.24, 2.45) is 0 Å². The van der Waals surface area contributed by atoms with E-state index in [0.29, 0.717) is 17.2 Å². The topological polar surface area (TPSA) is 63.1 Å². The van der Waals surface area contributed by atoms with Crippen LogP contribution in [0.25, 0.3) is 0 Å². The molecule has 2 aromatic carbocycles. The number of urea groups is 1. The molecular formula is C21H21ClFN5O. The number of aryl methyl sites for hydroxylation is 1. The van der Waals surface area contributed by atoms with Crippen molar-refractivity contribution in [2.45, 2.75) is 38.8 Å². The van der Waals surface area contributed by atoms with E-state index < -0.39 is 5.82 Å². The molecule has 1 aromatic heterocycles. The molecule has 0 bridgehead atoms. The number of aromatic nitrogens is 3. The lowest BCUT2D eigenvalue weighted by Crippen LogP contribution is -2.35. The highest BCUT2D eigenvalue weighted by atomic mass is 35.5. The molecule has 29 heavy (non-hydrogen) atoms. The Labute approximate surface area is 173 Å². The van der Waals surface area contributed by atoms with E-state index in [1.807, 2.05) is 18.2 Å². The van der Waals surface area contributed by atoms with Crippen LogP contribution in [0.5, 0.6) is 0 Å². The Morgan fingerprint density at radius 1 is 1.14 bits per heavy atom. The lowest BCUT2D eigenvalue weighted by molar-refractivity contribution is 0.256. The van der Waals surface area contributed by atoms with Crippen LogP contribution in [-0.4, -0.2) is 20.8 Å². The zero-order chi connectivity index (χ0) is 20.2. The van der Waals surface area contributed by atoms with Crippen LogP contribution in [0.4, 0.5) is 20.6 Å². The zero-order valence-corrected chi connectivity index (χ0v) is 16.6. The molecule has 0 aliphatic carbocycles. The van der Waals surface area contributed by atoms with Crippen LogP contribution in [0, 0.1) is 5.82 Å². The lowest BCUT2D eigenvalue weighted by atomic mass is 10.2. The minimum absolute atomic E-state index is 0.0416. The van der Waals surface area contributed by atoms with Gasteiger partial charge in [-0.3, -0.25) is 4.90 Å². The number of hydrogen-bond acceptors (Lipinski definition) is 3. The van der Waals surface area contributed by atoms with Gasteiger partial charge in [-0.2, -0.15) is 0 Å². The van der Waals surface area contributed by atoms with E-state index in [1.165, 1.54) is 23.1 Å². The number of nitrogens with zero attached hydrogens (tertiary/aromatic N) is 4. The number of anilines is 2. The first-order chi connectivity index (χ1) is 14.1. The van der Waals surface area contributed by atoms with Gasteiger partial charge in [-0.05, 0) is 43.2 Å². The second-order valence-corrected chi connectivity index (χ2v) is 7.38. The van der Waals surface area contributed by atoms with Crippen molar-refractivity contribution in [2.75, 3.05) is 10.2 Å². The van der Waals surface area contributed by atoms with E-state index in [9.17, 15) is 9.18 Å². The minimum atomic E-state index is -0.532. The SMILES string of the molecule is O=C(Nc1ccccc1)N(Cc1nnc2n1CCCCC2)c1ccc(F)c(Cl)c1. The number of benzene rings is 2. The Balaban J connectivity index is 1.65. The van der Waals surface area contributed by atoms with E-state index in [4.69, 9.17) is 11.6 Å². The Kier molecular flexibility index (Phi) is 5.76. The smallest absolute Gasteiger partial charge is 0.313 e. The van der Waals surface area contributed by atoms with Gasteiger partial charge in [0.25, 0.3) is 0 Å². The number of hydrogen-bond donors (Lipinski definition) is 1. The molecule has 0 spiro atoms. The first-order valence-electron chi connectivity index (χ1n) is 9.61. The number of para-hydroxylation sites is 1. The molecule has 2 heterocycles. The molecule has 3 aromatic rings. The summed E-state index contributed by atoms with van der Waals surface area (Å²) < 4.78 is 15.8. The quantitative estimate of drug-likeness (QED) is 0.652.